The summed E-state index contributed by atoms with van der Waals surface area (Å²) in [7, 11) is -2.49. The van der Waals surface area contributed by atoms with E-state index in [1.165, 1.54) is 18.2 Å². The Morgan fingerprint density at radius 1 is 0.972 bits per heavy atom. The van der Waals surface area contributed by atoms with Gasteiger partial charge in [-0.05, 0) is 42.3 Å². The Balaban J connectivity index is 1.54. The van der Waals surface area contributed by atoms with Crippen LogP contribution in [0.15, 0.2) is 77.7 Å². The molecule has 1 saturated heterocycles. The highest BCUT2D eigenvalue weighted by Crippen LogP contribution is 2.29. The first-order chi connectivity index (χ1) is 17.3. The molecule has 0 bridgehead atoms. The number of para-hydroxylation sites is 2. The van der Waals surface area contributed by atoms with Crippen molar-refractivity contribution in [2.75, 3.05) is 38.2 Å². The fourth-order valence-electron chi connectivity index (χ4n) is 4.24. The normalized spacial score (nSPS) is 15.0. The number of rotatable bonds is 8. The highest BCUT2D eigenvalue weighted by molar-refractivity contribution is 7.89. The molecule has 0 aliphatic carbocycles. The van der Waals surface area contributed by atoms with E-state index in [0.717, 1.165) is 17.0 Å². The van der Waals surface area contributed by atoms with Gasteiger partial charge in [0, 0.05) is 31.2 Å². The van der Waals surface area contributed by atoms with Gasteiger partial charge in [0.25, 0.3) is 0 Å². The van der Waals surface area contributed by atoms with Crippen LogP contribution in [0.25, 0.3) is 0 Å². The standard InChI is InChI=1S/C26H27Cl2N3O4S/c1-35-24-10-6-5-9-23(24)30-13-15-31(16-14-30)26(32)22(17-19-7-3-2-4-8-19)29-36(33,34)25-18-20(27)11-12-21(25)28/h2-12,18,22,29H,13-17H2,1H3/t22-/m1/s1. The van der Waals surface area contributed by atoms with E-state index in [-0.39, 0.29) is 27.3 Å². The summed E-state index contributed by atoms with van der Waals surface area (Å²) in [6.07, 6.45) is 0.198. The summed E-state index contributed by atoms with van der Waals surface area (Å²) in [6, 6.07) is 20.2. The van der Waals surface area contributed by atoms with Gasteiger partial charge in [0.05, 0.1) is 17.8 Å². The van der Waals surface area contributed by atoms with Gasteiger partial charge in [-0.25, -0.2) is 8.42 Å². The zero-order chi connectivity index (χ0) is 25.7. The summed E-state index contributed by atoms with van der Waals surface area (Å²) in [4.78, 5) is 17.3. The number of halogens is 2. The molecule has 0 unspecified atom stereocenters. The molecule has 190 valence electrons. The Labute approximate surface area is 221 Å². The van der Waals surface area contributed by atoms with Crippen molar-refractivity contribution >= 4 is 44.8 Å². The number of amides is 1. The number of piperazine rings is 1. The predicted molar refractivity (Wildman–Crippen MR) is 143 cm³/mol. The largest absolute Gasteiger partial charge is 0.495 e. The number of nitrogens with one attached hydrogen (secondary N) is 1. The van der Waals surface area contributed by atoms with E-state index in [1.807, 2.05) is 54.6 Å². The topological polar surface area (TPSA) is 79.0 Å². The fourth-order valence-corrected chi connectivity index (χ4v) is 6.19. The number of nitrogens with zero attached hydrogens (tertiary/aromatic N) is 2. The van der Waals surface area contributed by atoms with E-state index in [2.05, 4.69) is 9.62 Å². The van der Waals surface area contributed by atoms with Crippen LogP contribution in [0, 0.1) is 0 Å². The summed E-state index contributed by atoms with van der Waals surface area (Å²) >= 11 is 12.2. The first-order valence-electron chi connectivity index (χ1n) is 11.5. The fraction of sp³-hybridized carbons (Fsp3) is 0.269. The SMILES string of the molecule is COc1ccccc1N1CCN(C(=O)[C@@H](Cc2ccccc2)NS(=O)(=O)c2cc(Cl)ccc2Cl)CC1. The zero-order valence-electron chi connectivity index (χ0n) is 19.7. The van der Waals surface area contributed by atoms with Crippen LogP contribution in [0.4, 0.5) is 5.69 Å². The lowest BCUT2D eigenvalue weighted by atomic mass is 10.1. The lowest BCUT2D eigenvalue weighted by molar-refractivity contribution is -0.133. The van der Waals surface area contributed by atoms with Crippen molar-refractivity contribution in [2.24, 2.45) is 0 Å². The molecule has 3 aromatic carbocycles. The molecule has 1 N–H and O–H groups in total. The van der Waals surface area contributed by atoms with Crippen LogP contribution >= 0.6 is 23.2 Å². The lowest BCUT2D eigenvalue weighted by Gasteiger charge is -2.38. The van der Waals surface area contributed by atoms with Gasteiger partial charge < -0.3 is 14.5 Å². The third-order valence-electron chi connectivity index (χ3n) is 6.08. The van der Waals surface area contributed by atoms with Crippen molar-refractivity contribution in [1.82, 2.24) is 9.62 Å². The highest BCUT2D eigenvalue weighted by atomic mass is 35.5. The van der Waals surface area contributed by atoms with Gasteiger partial charge in [0.15, 0.2) is 0 Å². The molecule has 1 aliphatic heterocycles. The van der Waals surface area contributed by atoms with Gasteiger partial charge in [0.2, 0.25) is 15.9 Å². The van der Waals surface area contributed by atoms with Gasteiger partial charge >= 0.3 is 0 Å². The number of methoxy groups -OCH3 is 1. The van der Waals surface area contributed by atoms with Crippen molar-refractivity contribution in [3.8, 4) is 5.75 Å². The maximum Gasteiger partial charge on any atom is 0.242 e. The first kappa shape index (κ1) is 26.3. The number of benzene rings is 3. The van der Waals surface area contributed by atoms with Crippen molar-refractivity contribution < 1.29 is 17.9 Å². The molecule has 0 saturated carbocycles. The van der Waals surface area contributed by atoms with Crippen LogP contribution in [0.3, 0.4) is 0 Å². The molecular weight excluding hydrogens is 521 g/mol. The molecule has 10 heteroatoms. The number of hydrogen-bond acceptors (Lipinski definition) is 5. The quantitative estimate of drug-likeness (QED) is 0.456. The predicted octanol–water partition coefficient (Wildman–Crippen LogP) is 4.24. The second-order valence-corrected chi connectivity index (χ2v) is 10.9. The second-order valence-electron chi connectivity index (χ2n) is 8.42. The molecule has 7 nitrogen and oxygen atoms in total. The number of carbonyl (C=O) groups is 1. The number of carbonyl (C=O) groups excluding carboxylic acids is 1. The van der Waals surface area contributed by atoms with Crippen molar-refractivity contribution in [1.29, 1.82) is 0 Å². The van der Waals surface area contributed by atoms with Crippen LogP contribution < -0.4 is 14.4 Å². The van der Waals surface area contributed by atoms with Crippen LogP contribution in [0.1, 0.15) is 5.56 Å². The van der Waals surface area contributed by atoms with Crippen LogP contribution in [-0.2, 0) is 21.2 Å². The van der Waals surface area contributed by atoms with Crippen LogP contribution in [0.5, 0.6) is 5.75 Å². The van der Waals surface area contributed by atoms with E-state index >= 15 is 0 Å². The average molecular weight is 548 g/mol. The smallest absolute Gasteiger partial charge is 0.242 e. The molecule has 4 rings (SSSR count). The molecule has 0 radical (unpaired) electrons. The number of anilines is 1. The van der Waals surface area contributed by atoms with E-state index < -0.39 is 16.1 Å². The van der Waals surface area contributed by atoms with E-state index in [4.69, 9.17) is 27.9 Å². The molecule has 1 aliphatic rings. The highest BCUT2D eigenvalue weighted by Gasteiger charge is 2.32. The maximum atomic E-state index is 13.6. The Bertz CT molecular complexity index is 1310. The minimum Gasteiger partial charge on any atom is -0.495 e. The second kappa shape index (κ2) is 11.5. The molecule has 1 atom stereocenters. The Kier molecular flexibility index (Phi) is 8.41. The third kappa shape index (κ3) is 6.13. The average Bonchev–Trinajstić information content (AvgIpc) is 2.89. The Morgan fingerprint density at radius 2 is 1.64 bits per heavy atom. The van der Waals surface area contributed by atoms with E-state index in [9.17, 15) is 13.2 Å². The van der Waals surface area contributed by atoms with E-state index in [1.54, 1.807) is 12.0 Å². The summed E-state index contributed by atoms with van der Waals surface area (Å²) < 4.78 is 34.6. The van der Waals surface area contributed by atoms with Gasteiger partial charge in [0.1, 0.15) is 16.7 Å². The third-order valence-corrected chi connectivity index (χ3v) is 8.27. The molecule has 36 heavy (non-hydrogen) atoms. The Hall–Kier alpha value is -2.78. The molecular formula is C26H27Cl2N3O4S. The minimum atomic E-state index is -4.12. The molecule has 0 aromatic heterocycles. The van der Waals surface area contributed by atoms with Crippen molar-refractivity contribution in [2.45, 2.75) is 17.4 Å². The van der Waals surface area contributed by atoms with Gasteiger partial charge in [-0.3, -0.25) is 4.79 Å². The summed E-state index contributed by atoms with van der Waals surface area (Å²) in [5.74, 6) is 0.477. The molecule has 1 fully saturated rings. The number of ether oxygens (including phenoxy) is 1. The molecule has 1 amide bonds. The summed E-state index contributed by atoms with van der Waals surface area (Å²) in [5, 5.41) is 0.265. The van der Waals surface area contributed by atoms with Gasteiger partial charge in [-0.15, -0.1) is 0 Å². The first-order valence-corrected chi connectivity index (χ1v) is 13.7. The van der Waals surface area contributed by atoms with Crippen molar-refractivity contribution in [3.05, 3.63) is 88.4 Å². The maximum absolute atomic E-state index is 13.6. The van der Waals surface area contributed by atoms with Crippen LogP contribution in [-0.4, -0.2) is 58.6 Å². The summed E-state index contributed by atoms with van der Waals surface area (Å²) in [5.41, 5.74) is 1.80. The van der Waals surface area contributed by atoms with Gasteiger partial charge in [-0.1, -0.05) is 65.7 Å². The van der Waals surface area contributed by atoms with Gasteiger partial charge in [-0.2, -0.15) is 4.72 Å². The molecule has 1 heterocycles. The molecule has 3 aromatic rings. The Morgan fingerprint density at radius 3 is 2.33 bits per heavy atom. The lowest BCUT2D eigenvalue weighted by Crippen LogP contribution is -2.55. The minimum absolute atomic E-state index is 0.0308. The molecule has 0 spiro atoms. The van der Waals surface area contributed by atoms with E-state index in [0.29, 0.717) is 26.2 Å². The summed E-state index contributed by atoms with van der Waals surface area (Å²) in [6.45, 7) is 2.08. The number of hydrogen-bond donors (Lipinski definition) is 1. The number of sulfonamides is 1. The van der Waals surface area contributed by atoms with Crippen LogP contribution in [0.2, 0.25) is 10.0 Å². The zero-order valence-corrected chi connectivity index (χ0v) is 22.1. The van der Waals surface area contributed by atoms with Crippen molar-refractivity contribution in [3.63, 3.8) is 0 Å². The monoisotopic (exact) mass is 547 g/mol.